The molecule has 4 aliphatic rings. The molecule has 1 amide bonds. The van der Waals surface area contributed by atoms with Gasteiger partial charge in [-0.25, -0.2) is 9.59 Å². The first-order chi connectivity index (χ1) is 36.0. The fourth-order valence-corrected chi connectivity index (χ4v) is 18.7. The average molecular weight is 1080 g/mol. The maximum atomic E-state index is 16.6. The van der Waals surface area contributed by atoms with Crippen LogP contribution in [0.15, 0.2) is 102 Å². The highest BCUT2D eigenvalue weighted by Crippen LogP contribution is 2.65. The SMILES string of the molecule is CC[Si](CC)(CC)O[C@H]1C[C@H]2OC[C@@]2(OC(C)=O)[C@H]2[C@H](OC(=O)c3ccccc3)[C@]3(O)C[C@H](OC(=O)[C@H](O[Si](CC)(CC)CC)C(NC(=O)c4ccccc4)c4ccccc4)C(C)=C([C@@H](OC(C)=O)C(=O)[C@]12C)C3(C)C. The van der Waals surface area contributed by atoms with Crippen molar-refractivity contribution in [1.29, 1.82) is 0 Å². The highest BCUT2D eigenvalue weighted by molar-refractivity contribution is 6.74. The summed E-state index contributed by atoms with van der Waals surface area (Å²) < 4.78 is 47.1. The molecule has 2 bridgehead atoms. The van der Waals surface area contributed by atoms with Crippen LogP contribution >= 0.6 is 0 Å². The van der Waals surface area contributed by atoms with E-state index in [2.05, 4.69) is 26.1 Å². The van der Waals surface area contributed by atoms with Gasteiger partial charge in [0.05, 0.1) is 35.6 Å². The zero-order valence-electron chi connectivity index (χ0n) is 46.4. The lowest BCUT2D eigenvalue weighted by atomic mass is 9.44. The number of hydrogen-bond donors (Lipinski definition) is 2. The van der Waals surface area contributed by atoms with E-state index in [-0.39, 0.29) is 24.2 Å². The van der Waals surface area contributed by atoms with Crippen LogP contribution in [0.1, 0.15) is 128 Å². The molecule has 1 aliphatic heterocycles. The van der Waals surface area contributed by atoms with Gasteiger partial charge >= 0.3 is 23.9 Å². The summed E-state index contributed by atoms with van der Waals surface area (Å²) >= 11 is 0. The van der Waals surface area contributed by atoms with E-state index in [0.29, 0.717) is 53.0 Å². The molecule has 2 N–H and O–H groups in total. The van der Waals surface area contributed by atoms with E-state index in [0.717, 1.165) is 0 Å². The van der Waals surface area contributed by atoms with Crippen molar-refractivity contribution in [3.8, 4) is 0 Å². The zero-order valence-corrected chi connectivity index (χ0v) is 48.4. The number of ether oxygens (including phenoxy) is 5. The van der Waals surface area contributed by atoms with E-state index in [4.69, 9.17) is 32.5 Å². The summed E-state index contributed by atoms with van der Waals surface area (Å²) in [6.07, 6.45) is -8.46. The van der Waals surface area contributed by atoms with Crippen molar-refractivity contribution in [1.82, 2.24) is 5.32 Å². The first kappa shape index (κ1) is 58.4. The summed E-state index contributed by atoms with van der Waals surface area (Å²) in [7, 11) is -5.40. The van der Waals surface area contributed by atoms with E-state index in [9.17, 15) is 24.3 Å². The molecule has 2 saturated carbocycles. The van der Waals surface area contributed by atoms with Gasteiger partial charge in [-0.15, -0.1) is 0 Å². The Hall–Kier alpha value is -5.31. The van der Waals surface area contributed by atoms with Gasteiger partial charge in [-0.1, -0.05) is 122 Å². The number of rotatable bonds is 20. The van der Waals surface area contributed by atoms with E-state index in [1.54, 1.807) is 113 Å². The predicted octanol–water partition coefficient (Wildman–Crippen LogP) is 9.79. The number of hydrogen-bond acceptors (Lipinski definition) is 14. The van der Waals surface area contributed by atoms with Crippen molar-refractivity contribution in [3.05, 3.63) is 119 Å². The summed E-state index contributed by atoms with van der Waals surface area (Å²) in [5.41, 5.74) is -5.92. The van der Waals surface area contributed by atoms with E-state index in [1.807, 2.05) is 26.8 Å². The summed E-state index contributed by atoms with van der Waals surface area (Å²) in [5, 5.41) is 17.5. The normalized spacial score (nSPS) is 28.7. The summed E-state index contributed by atoms with van der Waals surface area (Å²) in [4.78, 5) is 88.6. The maximum absolute atomic E-state index is 16.6. The smallest absolute Gasteiger partial charge is 0.338 e. The first-order valence-electron chi connectivity index (χ1n) is 27.2. The molecule has 1 heterocycles. The Labute approximate surface area is 450 Å². The fraction of sp³-hybridized carbons (Fsp3) is 0.559. The van der Waals surface area contributed by atoms with E-state index < -0.39 is 129 Å². The number of carbonyl (C=O) groups is 6. The maximum Gasteiger partial charge on any atom is 0.338 e. The Balaban J connectivity index is 1.49. The number of Topliss-reactive ketones (excluding diaryl/α,β-unsaturated/α-hetero) is 1. The van der Waals surface area contributed by atoms with Crippen LogP contribution in [-0.4, -0.2) is 112 Å². The molecule has 1 saturated heterocycles. The number of aliphatic hydroxyl groups is 1. The number of benzene rings is 3. The number of ketones is 1. The predicted molar refractivity (Wildman–Crippen MR) is 290 cm³/mol. The number of amides is 1. The van der Waals surface area contributed by atoms with Crippen LogP contribution in [0.4, 0.5) is 0 Å². The number of carbonyl (C=O) groups excluding carboxylic acids is 6. The fourth-order valence-electron chi connectivity index (χ4n) is 13.0. The topological polar surface area (TPSA) is 199 Å². The largest absolute Gasteiger partial charge is 0.456 e. The Morgan fingerprint density at radius 2 is 1.28 bits per heavy atom. The molecule has 7 rings (SSSR count). The molecule has 1 unspecified atom stereocenters. The number of fused-ring (bicyclic) bond motifs is 5. The molecule has 3 fully saturated rings. The van der Waals surface area contributed by atoms with Gasteiger partial charge in [0, 0.05) is 37.7 Å². The Bertz CT molecular complexity index is 2620. The molecule has 0 aromatic heterocycles. The lowest BCUT2D eigenvalue weighted by molar-refractivity contribution is -0.344. The van der Waals surface area contributed by atoms with Crippen molar-refractivity contribution in [2.45, 2.75) is 186 Å². The zero-order chi connectivity index (χ0) is 55.6. The second-order valence-corrected chi connectivity index (χ2v) is 31.5. The van der Waals surface area contributed by atoms with Gasteiger partial charge in [-0.2, -0.15) is 0 Å². The highest BCUT2D eigenvalue weighted by atomic mass is 28.4. The van der Waals surface area contributed by atoms with Crippen molar-refractivity contribution in [3.63, 3.8) is 0 Å². The summed E-state index contributed by atoms with van der Waals surface area (Å²) in [6.45, 7) is 21.2. The van der Waals surface area contributed by atoms with Gasteiger partial charge in [0.15, 0.2) is 40.2 Å². The summed E-state index contributed by atoms with van der Waals surface area (Å²) in [5.74, 6) is -5.70. The van der Waals surface area contributed by atoms with Crippen LogP contribution in [0, 0.1) is 16.7 Å². The van der Waals surface area contributed by atoms with Gasteiger partial charge in [0.1, 0.15) is 23.9 Å². The third-order valence-electron chi connectivity index (χ3n) is 18.1. The van der Waals surface area contributed by atoms with Crippen LogP contribution < -0.4 is 5.32 Å². The van der Waals surface area contributed by atoms with Crippen molar-refractivity contribution >= 4 is 52.2 Å². The third kappa shape index (κ3) is 10.4. The van der Waals surface area contributed by atoms with Crippen molar-refractivity contribution < 1.29 is 66.4 Å². The molecule has 11 atom stereocenters. The summed E-state index contributed by atoms with van der Waals surface area (Å²) in [6, 6.07) is 28.8. The second-order valence-electron chi connectivity index (χ2n) is 22.0. The molecule has 3 aromatic rings. The molecule has 76 heavy (non-hydrogen) atoms. The van der Waals surface area contributed by atoms with Crippen molar-refractivity contribution in [2.75, 3.05) is 6.61 Å². The standard InChI is InChI=1S/C59H79NO14Si2/c1-13-75(14-2,15-3)73-44-34-45-58(36-68-45,72-39(9)62)50-52(71-54(65)42-32-26-21-27-33-42)59(67)35-43(37(7)46(56(59,10)11)48(69-38(8)61)51(63)57(44,50)12)70-55(66)49(74-76(16-4,17-5)18-6)47(40-28-22-19-23-29-40)60-53(64)41-30-24-20-25-31-41/h19-33,43-45,47-50,52,67H,13-18,34-36H2,1-12H3,(H,60,64)/t43-,44-,45+,47?,48+,49+,50-,52-,57+,58-,59+/m0/s1. The van der Waals surface area contributed by atoms with Gasteiger partial charge in [0.25, 0.3) is 5.91 Å². The van der Waals surface area contributed by atoms with Crippen LogP contribution in [0.2, 0.25) is 36.3 Å². The molecule has 412 valence electrons. The van der Waals surface area contributed by atoms with Crippen LogP contribution in [0.25, 0.3) is 0 Å². The monoisotopic (exact) mass is 1080 g/mol. The third-order valence-corrected chi connectivity index (χ3v) is 27.3. The van der Waals surface area contributed by atoms with Crippen LogP contribution in [-0.2, 0) is 51.7 Å². The van der Waals surface area contributed by atoms with Gasteiger partial charge in [-0.05, 0) is 91.1 Å². The molecule has 0 radical (unpaired) electrons. The molecular weight excluding hydrogens is 1000 g/mol. The molecule has 3 aliphatic carbocycles. The molecule has 0 spiro atoms. The number of nitrogens with one attached hydrogen (secondary N) is 1. The van der Waals surface area contributed by atoms with Gasteiger partial charge in [-0.3, -0.25) is 19.2 Å². The Kier molecular flexibility index (Phi) is 17.6. The van der Waals surface area contributed by atoms with Crippen LogP contribution in [0.3, 0.4) is 0 Å². The molecule has 15 nitrogen and oxygen atoms in total. The van der Waals surface area contributed by atoms with Gasteiger partial charge < -0.3 is 43.0 Å². The minimum absolute atomic E-state index is 0.0931. The molecule has 17 heteroatoms. The minimum Gasteiger partial charge on any atom is -0.456 e. The molecular formula is C59H79NO14Si2. The minimum atomic E-state index is -2.75. The molecule has 3 aromatic carbocycles. The van der Waals surface area contributed by atoms with Gasteiger partial charge in [0.2, 0.25) is 0 Å². The Morgan fingerprint density at radius 1 is 0.737 bits per heavy atom. The lowest BCUT2D eigenvalue weighted by Crippen LogP contribution is -2.82. The van der Waals surface area contributed by atoms with E-state index >= 15 is 9.59 Å². The highest BCUT2D eigenvalue weighted by Gasteiger charge is 2.79. The second kappa shape index (κ2) is 23.0. The quantitative estimate of drug-likeness (QED) is 0.0469. The van der Waals surface area contributed by atoms with Crippen LogP contribution in [0.5, 0.6) is 0 Å². The average Bonchev–Trinajstić information content (AvgIpc) is 3.45. The number of esters is 4. The van der Waals surface area contributed by atoms with E-state index in [1.165, 1.54) is 13.8 Å². The Morgan fingerprint density at radius 3 is 1.78 bits per heavy atom. The lowest BCUT2D eigenvalue weighted by Gasteiger charge is -2.68. The van der Waals surface area contributed by atoms with Crippen molar-refractivity contribution in [2.24, 2.45) is 16.7 Å². The first-order valence-corrected chi connectivity index (χ1v) is 32.3.